The molecule has 6 fully saturated rings. The third-order valence-electron chi connectivity index (χ3n) is 14.1. The highest BCUT2D eigenvalue weighted by Crippen LogP contribution is 2.44. The molecule has 8 atom stereocenters. The number of nitro groups is 1. The Morgan fingerprint density at radius 2 is 1.27 bits per heavy atom. The van der Waals surface area contributed by atoms with Crippen LogP contribution in [0.25, 0.3) is 0 Å². The van der Waals surface area contributed by atoms with Crippen LogP contribution >= 0.6 is 12.4 Å². The lowest BCUT2D eigenvalue weighted by Crippen LogP contribution is -2.37. The van der Waals surface area contributed by atoms with Gasteiger partial charge in [0.25, 0.3) is 0 Å². The lowest BCUT2D eigenvalue weighted by atomic mass is 9.68. The minimum Gasteiger partial charge on any atom is -0.481 e. The van der Waals surface area contributed by atoms with E-state index in [1.807, 2.05) is 6.92 Å². The number of amides is 1. The standard InChI is InChI=1S/C12H21NO4.C11H18O2.C10H19NO2.C10H17NO.C7H12O.2CH4.ClH/c1-3-17-11(14)8-12(9-13(15)16)6-4-5-10(2)7-12;1-3-13-11(12)8-10-6-4-5-9(2)7-10;1-8-3-2-4-10(5-8,7-11)6-9(12)13;1-8-3-2-4-10(5-8)6-9(12)11-7-10;1-6-3-2-4-7(8)5-6;;;/h10H,3-9H2,1-2H3;8-9H,3-7H2,1-2H3;8H,2-7,11H2,1H3,(H,12,13);8H,2-7H2,1H3,(H,11,12);6H,2-5H2,1H3;2*1H4;1H/t10-,12+;9-;2*8-,10+;6-;;;/m11111.../s1. The molecule has 1 spiro atoms. The molecule has 386 valence electrons. The van der Waals surface area contributed by atoms with E-state index in [0.29, 0.717) is 48.7 Å². The molecule has 4 N–H and O–H groups in total. The van der Waals surface area contributed by atoms with Crippen LogP contribution in [0, 0.1) is 55.9 Å². The second-order valence-electron chi connectivity index (χ2n) is 20.8. The van der Waals surface area contributed by atoms with Crippen molar-refractivity contribution < 1.29 is 43.5 Å². The summed E-state index contributed by atoms with van der Waals surface area (Å²) >= 11 is 0. The van der Waals surface area contributed by atoms with Crippen molar-refractivity contribution in [3.63, 3.8) is 0 Å². The van der Waals surface area contributed by atoms with E-state index >= 15 is 0 Å². The van der Waals surface area contributed by atoms with Gasteiger partial charge in [-0.15, -0.1) is 12.4 Å². The van der Waals surface area contributed by atoms with E-state index < -0.39 is 11.4 Å². The quantitative estimate of drug-likeness (QED) is 0.0813. The number of carbonyl (C=O) groups excluding carboxylic acids is 4. The number of hydrogen-bond acceptors (Lipinski definition) is 10. The molecule has 1 heterocycles. The SMILES string of the molecule is C.C.CCOC(=O)C=C1CCC[C@@H](C)C1.CCOC(=O)C[C@]1(C[N+](=O)[O-])CCC[C@@H](C)C1.C[C@@H]1CCCC(=O)C1.C[C@@H]1CCC[C@@](CN)(CC(=O)O)C1.C[C@@H]1CCC[C@]2(CNC(=O)C2)C1.Cl. The maximum atomic E-state index is 11.6. The van der Waals surface area contributed by atoms with Crippen molar-refractivity contribution in [2.24, 2.45) is 51.6 Å². The van der Waals surface area contributed by atoms with Gasteiger partial charge in [0.05, 0.1) is 26.1 Å². The average Bonchev–Trinajstić information content (AvgIpc) is 3.53. The highest BCUT2D eigenvalue weighted by Gasteiger charge is 2.42. The van der Waals surface area contributed by atoms with Gasteiger partial charge < -0.3 is 25.6 Å². The topological polar surface area (TPSA) is 205 Å². The Bertz CT molecular complexity index is 1490. The number of nitrogens with two attached hydrogens (primary N) is 1. The zero-order chi connectivity index (χ0) is 47.1. The predicted octanol–water partition coefficient (Wildman–Crippen LogP) is 11.9. The Morgan fingerprint density at radius 1 is 0.758 bits per heavy atom. The number of carbonyl (C=O) groups is 5. The van der Waals surface area contributed by atoms with Crippen molar-refractivity contribution in [3.05, 3.63) is 21.8 Å². The summed E-state index contributed by atoms with van der Waals surface area (Å²) in [5, 5.41) is 22.5. The van der Waals surface area contributed by atoms with Gasteiger partial charge in [0.2, 0.25) is 12.5 Å². The van der Waals surface area contributed by atoms with Crippen molar-refractivity contribution in [2.75, 3.05) is 32.8 Å². The van der Waals surface area contributed by atoms with E-state index in [2.05, 4.69) is 39.9 Å². The number of Topliss-reactive ketones (excluding diaryl/α,β-unsaturated/α-hetero) is 1. The molecule has 13 nitrogen and oxygen atoms in total. The minimum atomic E-state index is -0.709. The zero-order valence-electron chi connectivity index (χ0n) is 40.8. The molecule has 0 radical (unpaired) electrons. The van der Waals surface area contributed by atoms with Gasteiger partial charge in [0.1, 0.15) is 5.78 Å². The fraction of sp³-hybridized carbons (Fsp3) is 0.865. The third kappa shape index (κ3) is 25.9. The fourth-order valence-corrected chi connectivity index (χ4v) is 11.3. The fourth-order valence-electron chi connectivity index (χ4n) is 11.3. The second kappa shape index (κ2) is 33.4. The van der Waals surface area contributed by atoms with Gasteiger partial charge in [-0.25, -0.2) is 4.79 Å². The Morgan fingerprint density at radius 3 is 1.71 bits per heavy atom. The van der Waals surface area contributed by atoms with Gasteiger partial charge in [0.15, 0.2) is 0 Å². The first-order valence-electron chi connectivity index (χ1n) is 24.6. The second-order valence-corrected chi connectivity index (χ2v) is 20.8. The van der Waals surface area contributed by atoms with E-state index in [1.54, 1.807) is 13.0 Å². The van der Waals surface area contributed by atoms with Gasteiger partial charge in [0, 0.05) is 42.2 Å². The molecule has 14 heteroatoms. The lowest BCUT2D eigenvalue weighted by molar-refractivity contribution is -0.499. The largest absolute Gasteiger partial charge is 0.481 e. The van der Waals surface area contributed by atoms with E-state index in [4.69, 9.17) is 20.3 Å². The number of ketones is 1. The van der Waals surface area contributed by atoms with E-state index in [1.165, 1.54) is 56.9 Å². The van der Waals surface area contributed by atoms with Crippen LogP contribution in [0.2, 0.25) is 0 Å². The summed E-state index contributed by atoms with van der Waals surface area (Å²) in [5.74, 6) is 2.86. The summed E-state index contributed by atoms with van der Waals surface area (Å²) in [4.78, 5) is 65.6. The smallest absolute Gasteiger partial charge is 0.330 e. The molecule has 5 saturated carbocycles. The van der Waals surface area contributed by atoms with Crippen LogP contribution in [0.15, 0.2) is 11.6 Å². The molecule has 1 amide bonds. The molecule has 6 rings (SSSR count). The van der Waals surface area contributed by atoms with Gasteiger partial charge in [-0.05, 0) is 131 Å². The molecule has 0 aromatic heterocycles. The number of carboxylic acids is 1. The van der Waals surface area contributed by atoms with E-state index in [-0.39, 0.29) is 74.8 Å². The Balaban J connectivity index is 0. The first kappa shape index (κ1) is 65.0. The summed E-state index contributed by atoms with van der Waals surface area (Å²) in [7, 11) is 0. The van der Waals surface area contributed by atoms with Gasteiger partial charge >= 0.3 is 17.9 Å². The molecular formula is C52H96ClN3O10. The van der Waals surface area contributed by atoms with Crippen molar-refractivity contribution in [3.8, 4) is 0 Å². The van der Waals surface area contributed by atoms with Crippen LogP contribution < -0.4 is 11.1 Å². The minimum absolute atomic E-state index is 0. The van der Waals surface area contributed by atoms with Gasteiger partial charge in [-0.1, -0.05) is 100.0 Å². The molecule has 66 heavy (non-hydrogen) atoms. The molecule has 1 aliphatic heterocycles. The van der Waals surface area contributed by atoms with Crippen molar-refractivity contribution in [1.29, 1.82) is 0 Å². The number of rotatable bonds is 10. The van der Waals surface area contributed by atoms with Crippen LogP contribution in [0.1, 0.15) is 211 Å². The summed E-state index contributed by atoms with van der Waals surface area (Å²) < 4.78 is 9.79. The summed E-state index contributed by atoms with van der Waals surface area (Å²) in [6.07, 6.45) is 24.7. The van der Waals surface area contributed by atoms with Gasteiger partial charge in [-0.3, -0.25) is 29.3 Å². The predicted molar refractivity (Wildman–Crippen MR) is 268 cm³/mol. The average molecular weight is 959 g/mol. The first-order chi connectivity index (χ1) is 29.8. The zero-order valence-corrected chi connectivity index (χ0v) is 41.6. The van der Waals surface area contributed by atoms with Crippen LogP contribution in [0.5, 0.6) is 0 Å². The lowest BCUT2D eigenvalue weighted by Gasteiger charge is -2.38. The molecule has 0 bridgehead atoms. The first-order valence-corrected chi connectivity index (χ1v) is 24.6. The molecular weight excluding hydrogens is 862 g/mol. The van der Waals surface area contributed by atoms with E-state index in [0.717, 1.165) is 102 Å². The Labute approximate surface area is 406 Å². The summed E-state index contributed by atoms with van der Waals surface area (Å²) in [6.45, 7) is 16.7. The molecule has 0 aromatic rings. The number of nitrogens with zero attached hydrogens (tertiary/aromatic N) is 1. The number of halogens is 1. The normalized spacial score (nSPS) is 30.6. The highest BCUT2D eigenvalue weighted by molar-refractivity contribution is 5.85. The van der Waals surface area contributed by atoms with Crippen molar-refractivity contribution in [1.82, 2.24) is 5.32 Å². The molecule has 0 aromatic carbocycles. The molecule has 0 unspecified atom stereocenters. The van der Waals surface area contributed by atoms with Crippen LogP contribution in [-0.2, 0) is 33.4 Å². The maximum absolute atomic E-state index is 11.6. The number of hydrogen-bond donors (Lipinski definition) is 3. The van der Waals surface area contributed by atoms with Gasteiger partial charge in [-0.2, -0.15) is 0 Å². The van der Waals surface area contributed by atoms with E-state index in [9.17, 15) is 34.1 Å². The van der Waals surface area contributed by atoms with Crippen LogP contribution in [-0.4, -0.2) is 72.5 Å². The van der Waals surface area contributed by atoms with Crippen LogP contribution in [0.4, 0.5) is 0 Å². The maximum Gasteiger partial charge on any atom is 0.330 e. The number of carboxylic acid groups (broad SMARTS) is 1. The molecule has 5 aliphatic carbocycles. The highest BCUT2D eigenvalue weighted by atomic mass is 35.5. The molecule has 1 saturated heterocycles. The number of esters is 2. The third-order valence-corrected chi connectivity index (χ3v) is 14.1. The Hall–Kier alpha value is -3.06. The summed E-state index contributed by atoms with van der Waals surface area (Å²) in [6, 6.07) is 0. The molecule has 6 aliphatic rings. The number of allylic oxidation sites excluding steroid dienone is 1. The Kier molecular flexibility index (Phi) is 32.9. The van der Waals surface area contributed by atoms with Crippen LogP contribution in [0.3, 0.4) is 0 Å². The summed E-state index contributed by atoms with van der Waals surface area (Å²) in [5.41, 5.74) is 6.72. The number of nitrogens with one attached hydrogen (secondary N) is 1. The van der Waals surface area contributed by atoms with Crippen molar-refractivity contribution in [2.45, 2.75) is 211 Å². The number of ether oxygens (including phenoxy) is 2. The number of aliphatic carboxylic acids is 1. The monoisotopic (exact) mass is 958 g/mol. The van der Waals surface area contributed by atoms with Crippen molar-refractivity contribution >= 4 is 42.0 Å².